The third-order valence-corrected chi connectivity index (χ3v) is 4.53. The third-order valence-electron chi connectivity index (χ3n) is 4.53. The van der Waals surface area contributed by atoms with E-state index < -0.39 is 17.9 Å². The molecule has 2 rings (SSSR count). The van der Waals surface area contributed by atoms with E-state index in [1.807, 2.05) is 4.90 Å². The van der Waals surface area contributed by atoms with Crippen LogP contribution in [0.5, 0.6) is 5.75 Å². The first kappa shape index (κ1) is 23.3. The van der Waals surface area contributed by atoms with Gasteiger partial charge in [-0.1, -0.05) is 12.1 Å². The Hall–Kier alpha value is -2.98. The second kappa shape index (κ2) is 12.6. The molecule has 1 unspecified atom stereocenters. The smallest absolute Gasteiger partial charge is 0.243 e. The van der Waals surface area contributed by atoms with Gasteiger partial charge in [-0.25, -0.2) is 0 Å². The number of ether oxygens (including phenoxy) is 2. The van der Waals surface area contributed by atoms with Crippen LogP contribution in [0.1, 0.15) is 5.56 Å². The molecule has 0 spiro atoms. The molecule has 30 heavy (non-hydrogen) atoms. The summed E-state index contributed by atoms with van der Waals surface area (Å²) in [6, 6.07) is 6.19. The van der Waals surface area contributed by atoms with Crippen LogP contribution >= 0.6 is 0 Å². The van der Waals surface area contributed by atoms with Crippen LogP contribution in [-0.4, -0.2) is 88.0 Å². The lowest BCUT2D eigenvalue weighted by molar-refractivity contribution is -0.130. The Morgan fingerprint density at radius 3 is 2.47 bits per heavy atom. The standard InChI is InChI=1S/C20H28N4O6/c1-29-16-4-2-15(3-5-16)12-17(20(28)21-6-9-25)23-18(26)13-22-19(27)14-24-7-10-30-11-8-24/h2-5,9,17H,6-8,10-14H2,1H3,(H,21,28)(H,22,27)(H,23,26). The van der Waals surface area contributed by atoms with Crippen molar-refractivity contribution in [2.75, 3.05) is 53.0 Å². The van der Waals surface area contributed by atoms with Gasteiger partial charge in [0.15, 0.2) is 0 Å². The van der Waals surface area contributed by atoms with Crippen LogP contribution in [0.2, 0.25) is 0 Å². The van der Waals surface area contributed by atoms with Crippen molar-refractivity contribution >= 4 is 24.0 Å². The maximum atomic E-state index is 12.4. The lowest BCUT2D eigenvalue weighted by atomic mass is 10.0. The number of hydrogen-bond donors (Lipinski definition) is 3. The van der Waals surface area contributed by atoms with E-state index in [0.717, 1.165) is 5.56 Å². The van der Waals surface area contributed by atoms with Crippen molar-refractivity contribution in [3.05, 3.63) is 29.8 Å². The quantitative estimate of drug-likeness (QED) is 0.372. The molecule has 10 heteroatoms. The molecular weight excluding hydrogens is 392 g/mol. The molecule has 1 aromatic carbocycles. The van der Waals surface area contributed by atoms with Crippen molar-refractivity contribution in [2.45, 2.75) is 12.5 Å². The Morgan fingerprint density at radius 2 is 1.83 bits per heavy atom. The Morgan fingerprint density at radius 1 is 1.13 bits per heavy atom. The summed E-state index contributed by atoms with van der Waals surface area (Å²) in [5.74, 6) is -0.576. The number of nitrogens with zero attached hydrogens (tertiary/aromatic N) is 1. The van der Waals surface area contributed by atoms with Gasteiger partial charge in [-0.15, -0.1) is 0 Å². The second-order valence-electron chi connectivity index (χ2n) is 6.75. The molecule has 0 aromatic heterocycles. The molecule has 0 radical (unpaired) electrons. The molecule has 0 aliphatic carbocycles. The van der Waals surface area contributed by atoms with Crippen LogP contribution in [0.3, 0.4) is 0 Å². The topological polar surface area (TPSA) is 126 Å². The summed E-state index contributed by atoms with van der Waals surface area (Å²) in [6.45, 7) is 2.29. The lowest BCUT2D eigenvalue weighted by Gasteiger charge is -2.25. The summed E-state index contributed by atoms with van der Waals surface area (Å²) >= 11 is 0. The Labute approximate surface area is 175 Å². The van der Waals surface area contributed by atoms with Crippen LogP contribution in [0.25, 0.3) is 0 Å². The van der Waals surface area contributed by atoms with E-state index in [1.165, 1.54) is 0 Å². The zero-order valence-corrected chi connectivity index (χ0v) is 17.0. The molecule has 10 nitrogen and oxygen atoms in total. The number of hydrogen-bond acceptors (Lipinski definition) is 7. The van der Waals surface area contributed by atoms with Gasteiger partial charge in [0.05, 0.1) is 40.0 Å². The van der Waals surface area contributed by atoms with E-state index in [4.69, 9.17) is 9.47 Å². The number of nitrogens with one attached hydrogen (secondary N) is 3. The van der Waals surface area contributed by atoms with Gasteiger partial charge in [-0.05, 0) is 17.7 Å². The molecule has 0 saturated carbocycles. The average Bonchev–Trinajstić information content (AvgIpc) is 2.76. The normalized spacial score (nSPS) is 15.0. The van der Waals surface area contributed by atoms with E-state index >= 15 is 0 Å². The second-order valence-corrected chi connectivity index (χ2v) is 6.75. The van der Waals surface area contributed by atoms with Gasteiger partial charge in [0, 0.05) is 19.5 Å². The fourth-order valence-corrected chi connectivity index (χ4v) is 2.91. The molecule has 3 amide bonds. The Balaban J connectivity index is 1.87. The highest BCUT2D eigenvalue weighted by molar-refractivity contribution is 5.91. The lowest BCUT2D eigenvalue weighted by Crippen LogP contribution is -2.51. The molecule has 1 heterocycles. The minimum atomic E-state index is -0.887. The monoisotopic (exact) mass is 420 g/mol. The van der Waals surface area contributed by atoms with Gasteiger partial charge in [0.2, 0.25) is 17.7 Å². The van der Waals surface area contributed by atoms with Crippen LogP contribution in [0.4, 0.5) is 0 Å². The van der Waals surface area contributed by atoms with Crippen molar-refractivity contribution in [1.29, 1.82) is 0 Å². The molecule has 1 aliphatic heterocycles. The molecule has 1 atom stereocenters. The minimum absolute atomic E-state index is 0.149. The third kappa shape index (κ3) is 8.18. The molecule has 164 valence electrons. The zero-order valence-electron chi connectivity index (χ0n) is 17.0. The summed E-state index contributed by atoms with van der Waals surface area (Å²) in [5.41, 5.74) is 0.804. The maximum absolute atomic E-state index is 12.4. The Bertz CT molecular complexity index is 719. The van der Waals surface area contributed by atoms with Crippen LogP contribution in [0, 0.1) is 0 Å². The van der Waals surface area contributed by atoms with Gasteiger partial charge < -0.3 is 30.2 Å². The van der Waals surface area contributed by atoms with Crippen molar-refractivity contribution in [2.24, 2.45) is 0 Å². The minimum Gasteiger partial charge on any atom is -0.497 e. The van der Waals surface area contributed by atoms with Crippen molar-refractivity contribution < 1.29 is 28.7 Å². The predicted octanol–water partition coefficient (Wildman–Crippen LogP) is -1.51. The number of morpholine rings is 1. The molecule has 1 aliphatic rings. The van der Waals surface area contributed by atoms with Crippen LogP contribution in [0.15, 0.2) is 24.3 Å². The van der Waals surface area contributed by atoms with E-state index in [-0.39, 0.29) is 32.0 Å². The average molecular weight is 420 g/mol. The number of aldehydes is 1. The summed E-state index contributed by atoms with van der Waals surface area (Å²) in [5, 5.41) is 7.62. The highest BCUT2D eigenvalue weighted by Crippen LogP contribution is 2.12. The number of methoxy groups -OCH3 is 1. The first-order chi connectivity index (χ1) is 14.5. The van der Waals surface area contributed by atoms with Gasteiger partial charge in [-0.2, -0.15) is 0 Å². The highest BCUT2D eigenvalue weighted by Gasteiger charge is 2.22. The van der Waals surface area contributed by atoms with Gasteiger partial charge in [0.1, 0.15) is 18.1 Å². The van der Waals surface area contributed by atoms with E-state index in [0.29, 0.717) is 38.3 Å². The van der Waals surface area contributed by atoms with Crippen LogP contribution in [-0.2, 0) is 30.3 Å². The summed E-state index contributed by atoms with van der Waals surface area (Å²) in [4.78, 5) is 49.2. The van der Waals surface area contributed by atoms with Crippen LogP contribution < -0.4 is 20.7 Å². The molecule has 1 aromatic rings. The van der Waals surface area contributed by atoms with E-state index in [9.17, 15) is 19.2 Å². The highest BCUT2D eigenvalue weighted by atomic mass is 16.5. The summed E-state index contributed by atoms with van der Waals surface area (Å²) < 4.78 is 10.3. The summed E-state index contributed by atoms with van der Waals surface area (Å²) in [6.07, 6.45) is 0.790. The van der Waals surface area contributed by atoms with E-state index in [2.05, 4.69) is 16.0 Å². The van der Waals surface area contributed by atoms with Crippen molar-refractivity contribution in [3.63, 3.8) is 0 Å². The molecule has 0 bridgehead atoms. The Kier molecular flexibility index (Phi) is 9.75. The van der Waals surface area contributed by atoms with Gasteiger partial charge in [0.25, 0.3) is 0 Å². The number of benzene rings is 1. The zero-order chi connectivity index (χ0) is 21.8. The maximum Gasteiger partial charge on any atom is 0.243 e. The number of amides is 3. The fourth-order valence-electron chi connectivity index (χ4n) is 2.91. The first-order valence-electron chi connectivity index (χ1n) is 9.72. The fraction of sp³-hybridized carbons (Fsp3) is 0.500. The van der Waals surface area contributed by atoms with Crippen molar-refractivity contribution in [3.8, 4) is 5.75 Å². The van der Waals surface area contributed by atoms with Gasteiger partial charge in [-0.3, -0.25) is 19.3 Å². The largest absolute Gasteiger partial charge is 0.497 e. The number of carbonyl (C=O) groups excluding carboxylic acids is 4. The molecule has 1 fully saturated rings. The number of carbonyl (C=O) groups is 4. The van der Waals surface area contributed by atoms with Gasteiger partial charge >= 0.3 is 0 Å². The summed E-state index contributed by atoms with van der Waals surface area (Å²) in [7, 11) is 1.55. The van der Waals surface area contributed by atoms with Crippen molar-refractivity contribution in [1.82, 2.24) is 20.9 Å². The first-order valence-corrected chi connectivity index (χ1v) is 9.72. The molecular formula is C20H28N4O6. The van der Waals surface area contributed by atoms with E-state index in [1.54, 1.807) is 31.4 Å². The number of rotatable bonds is 11. The SMILES string of the molecule is COc1ccc(CC(NC(=O)CNC(=O)CN2CCOCC2)C(=O)NCC=O)cc1. The molecule has 3 N–H and O–H groups in total. The predicted molar refractivity (Wildman–Crippen MR) is 108 cm³/mol. The molecule has 1 saturated heterocycles.